The van der Waals surface area contributed by atoms with Gasteiger partial charge in [0.15, 0.2) is 5.60 Å². The fourth-order valence-electron chi connectivity index (χ4n) is 2.18. The normalized spacial score (nSPS) is 29.4. The van der Waals surface area contributed by atoms with Gasteiger partial charge in [-0.25, -0.2) is 9.59 Å². The van der Waals surface area contributed by atoms with Crippen LogP contribution >= 0.6 is 0 Å². The minimum atomic E-state index is -1.54. The van der Waals surface area contributed by atoms with E-state index in [2.05, 4.69) is 9.72 Å². The molecule has 1 saturated heterocycles. The van der Waals surface area contributed by atoms with Crippen molar-refractivity contribution in [3.8, 4) is 0 Å². The molecule has 2 heterocycles. The maximum atomic E-state index is 11.8. The van der Waals surface area contributed by atoms with Gasteiger partial charge in [0, 0.05) is 18.2 Å². The Labute approximate surface area is 114 Å². The van der Waals surface area contributed by atoms with Crippen LogP contribution in [0, 0.1) is 6.92 Å². The molecule has 0 radical (unpaired) electrons. The number of carbonyl (C=O) groups is 1. The largest absolute Gasteiger partial charge is 0.467 e. The average Bonchev–Trinajstić information content (AvgIpc) is 2.70. The predicted octanol–water partition coefficient (Wildman–Crippen LogP) is -0.943. The topological polar surface area (TPSA) is 111 Å². The Morgan fingerprint density at radius 3 is 2.85 bits per heavy atom. The van der Waals surface area contributed by atoms with Crippen LogP contribution in [0.1, 0.15) is 25.1 Å². The molecular weight excluding hydrogens is 268 g/mol. The van der Waals surface area contributed by atoms with Gasteiger partial charge >= 0.3 is 11.7 Å². The number of aromatic amines is 1. The van der Waals surface area contributed by atoms with Crippen LogP contribution in [0.3, 0.4) is 0 Å². The third kappa shape index (κ3) is 2.16. The molecule has 1 aromatic heterocycles. The van der Waals surface area contributed by atoms with Gasteiger partial charge in [0.25, 0.3) is 5.56 Å². The van der Waals surface area contributed by atoms with Crippen molar-refractivity contribution >= 4 is 5.97 Å². The second kappa shape index (κ2) is 4.88. The van der Waals surface area contributed by atoms with Gasteiger partial charge in [-0.05, 0) is 13.8 Å². The number of H-pyrrole nitrogens is 1. The zero-order valence-electron chi connectivity index (χ0n) is 11.4. The van der Waals surface area contributed by atoms with Crippen LogP contribution in [0.25, 0.3) is 0 Å². The highest BCUT2D eigenvalue weighted by molar-refractivity contribution is 5.80. The molecule has 8 nitrogen and oxygen atoms in total. The van der Waals surface area contributed by atoms with Gasteiger partial charge < -0.3 is 14.6 Å². The van der Waals surface area contributed by atoms with Gasteiger partial charge in [0.05, 0.1) is 13.2 Å². The van der Waals surface area contributed by atoms with Crippen LogP contribution in [0.15, 0.2) is 15.8 Å². The van der Waals surface area contributed by atoms with Gasteiger partial charge in [-0.15, -0.1) is 0 Å². The summed E-state index contributed by atoms with van der Waals surface area (Å²) in [5.74, 6) is -0.721. The summed E-state index contributed by atoms with van der Waals surface area (Å²) in [6.07, 6.45) is -0.588. The minimum absolute atomic E-state index is 0.0387. The zero-order chi connectivity index (χ0) is 15.1. The lowest BCUT2D eigenvalue weighted by Crippen LogP contribution is -2.45. The number of rotatable bonds is 2. The van der Waals surface area contributed by atoms with Crippen LogP contribution in [0.4, 0.5) is 0 Å². The Hall–Kier alpha value is -1.93. The Bertz CT molecular complexity index is 648. The second-order valence-corrected chi connectivity index (χ2v) is 4.90. The van der Waals surface area contributed by atoms with Gasteiger partial charge in [-0.2, -0.15) is 0 Å². The van der Waals surface area contributed by atoms with E-state index in [1.165, 1.54) is 20.2 Å². The molecule has 0 bridgehead atoms. The lowest BCUT2D eigenvalue weighted by atomic mass is 9.99. The molecule has 1 fully saturated rings. The molecule has 1 aliphatic heterocycles. The molecule has 20 heavy (non-hydrogen) atoms. The molecule has 2 N–H and O–H groups in total. The van der Waals surface area contributed by atoms with E-state index >= 15 is 0 Å². The fourth-order valence-corrected chi connectivity index (χ4v) is 2.18. The van der Waals surface area contributed by atoms with E-state index in [9.17, 15) is 19.5 Å². The summed E-state index contributed by atoms with van der Waals surface area (Å²) in [6.45, 7) is 2.94. The average molecular weight is 284 g/mol. The molecule has 0 unspecified atom stereocenters. The van der Waals surface area contributed by atoms with Crippen molar-refractivity contribution in [2.24, 2.45) is 0 Å². The molecule has 110 valence electrons. The summed E-state index contributed by atoms with van der Waals surface area (Å²) in [6, 6.07) is 0. The van der Waals surface area contributed by atoms with E-state index < -0.39 is 35.2 Å². The summed E-state index contributed by atoms with van der Waals surface area (Å²) in [5.41, 5.74) is -2.36. The van der Waals surface area contributed by atoms with Crippen molar-refractivity contribution in [2.45, 2.75) is 38.2 Å². The number of carbonyl (C=O) groups excluding carboxylic acids is 1. The van der Waals surface area contributed by atoms with Gasteiger partial charge in [-0.1, -0.05) is 0 Å². The predicted molar refractivity (Wildman–Crippen MR) is 67.2 cm³/mol. The number of aryl methyl sites for hydroxylation is 1. The number of hydrogen-bond donors (Lipinski definition) is 2. The van der Waals surface area contributed by atoms with Crippen LogP contribution in [0.2, 0.25) is 0 Å². The molecular formula is C12H16N2O6. The summed E-state index contributed by atoms with van der Waals surface area (Å²) < 4.78 is 11.2. The molecule has 8 heteroatoms. The number of methoxy groups -OCH3 is 1. The van der Waals surface area contributed by atoms with E-state index in [4.69, 9.17) is 4.74 Å². The van der Waals surface area contributed by atoms with E-state index in [1.54, 1.807) is 6.92 Å². The van der Waals surface area contributed by atoms with Crippen molar-refractivity contribution in [1.29, 1.82) is 0 Å². The van der Waals surface area contributed by atoms with Crippen LogP contribution in [-0.2, 0) is 14.3 Å². The first-order chi connectivity index (χ1) is 9.29. The van der Waals surface area contributed by atoms with Crippen molar-refractivity contribution in [1.82, 2.24) is 9.55 Å². The molecule has 3 atom stereocenters. The highest BCUT2D eigenvalue weighted by Crippen LogP contribution is 2.36. The van der Waals surface area contributed by atoms with Gasteiger partial charge in [-0.3, -0.25) is 14.3 Å². The lowest BCUT2D eigenvalue weighted by molar-refractivity contribution is -0.177. The molecule has 0 amide bonds. The molecule has 1 aromatic rings. The first-order valence-corrected chi connectivity index (χ1v) is 6.06. The summed E-state index contributed by atoms with van der Waals surface area (Å²) in [7, 11) is 1.19. The van der Waals surface area contributed by atoms with E-state index in [0.717, 1.165) is 4.57 Å². The quantitative estimate of drug-likeness (QED) is 0.678. The van der Waals surface area contributed by atoms with Crippen LogP contribution in [-0.4, -0.2) is 39.4 Å². The number of esters is 1. The SMILES string of the molecule is COC(=O)[C@@]1(C)O[C@@H](n2cc(C)c(=O)[nH]c2=O)C[C@H]1O. The highest BCUT2D eigenvalue weighted by atomic mass is 16.6. The number of nitrogens with one attached hydrogen (secondary N) is 1. The minimum Gasteiger partial charge on any atom is -0.467 e. The second-order valence-electron chi connectivity index (χ2n) is 4.90. The Kier molecular flexibility index (Phi) is 3.53. The number of nitrogens with zero attached hydrogens (tertiary/aromatic N) is 1. The first kappa shape index (κ1) is 14.5. The Morgan fingerprint density at radius 2 is 2.25 bits per heavy atom. The molecule has 1 aliphatic rings. The fraction of sp³-hybridized carbons (Fsp3) is 0.583. The highest BCUT2D eigenvalue weighted by Gasteiger charge is 2.52. The third-order valence-corrected chi connectivity index (χ3v) is 3.49. The van der Waals surface area contributed by atoms with Crippen molar-refractivity contribution in [3.05, 3.63) is 32.6 Å². The van der Waals surface area contributed by atoms with Gasteiger partial charge in [0.2, 0.25) is 0 Å². The Morgan fingerprint density at radius 1 is 1.60 bits per heavy atom. The number of aromatic nitrogens is 2. The molecule has 0 saturated carbocycles. The Balaban J connectivity index is 2.39. The number of hydrogen-bond acceptors (Lipinski definition) is 6. The molecule has 0 aliphatic carbocycles. The maximum Gasteiger partial charge on any atom is 0.340 e. The van der Waals surface area contributed by atoms with Gasteiger partial charge in [0.1, 0.15) is 6.23 Å². The summed E-state index contributed by atoms with van der Waals surface area (Å²) >= 11 is 0. The zero-order valence-corrected chi connectivity index (χ0v) is 11.4. The van der Waals surface area contributed by atoms with Crippen molar-refractivity contribution < 1.29 is 19.4 Å². The summed E-state index contributed by atoms with van der Waals surface area (Å²) in [5, 5.41) is 9.98. The van der Waals surface area contributed by atoms with E-state index in [-0.39, 0.29) is 6.42 Å². The van der Waals surface area contributed by atoms with Crippen LogP contribution < -0.4 is 11.2 Å². The maximum absolute atomic E-state index is 11.8. The van der Waals surface area contributed by atoms with Crippen molar-refractivity contribution in [3.63, 3.8) is 0 Å². The lowest BCUT2D eigenvalue weighted by Gasteiger charge is -2.24. The van der Waals surface area contributed by atoms with E-state index in [0.29, 0.717) is 5.56 Å². The number of ether oxygens (including phenoxy) is 2. The van der Waals surface area contributed by atoms with E-state index in [1.807, 2.05) is 0 Å². The first-order valence-electron chi connectivity index (χ1n) is 6.06. The number of aliphatic hydroxyl groups is 1. The number of aliphatic hydroxyl groups excluding tert-OH is 1. The molecule has 0 spiro atoms. The molecule has 2 rings (SSSR count). The van der Waals surface area contributed by atoms with Crippen LogP contribution in [0.5, 0.6) is 0 Å². The standard InChI is InChI=1S/C12H16N2O6/c1-6-5-14(11(18)13-9(6)16)8-4-7(15)12(2,20-8)10(17)19-3/h5,7-8,15H,4H2,1-3H3,(H,13,16,18)/t7-,8-,12+/m1/s1. The third-order valence-electron chi connectivity index (χ3n) is 3.49. The summed E-state index contributed by atoms with van der Waals surface area (Å²) in [4.78, 5) is 36.9. The molecule has 0 aromatic carbocycles. The smallest absolute Gasteiger partial charge is 0.340 e. The monoisotopic (exact) mass is 284 g/mol. The van der Waals surface area contributed by atoms with Crippen molar-refractivity contribution in [2.75, 3.05) is 7.11 Å².